The number of hydrogen-bond acceptors (Lipinski definition) is 6. The van der Waals surface area contributed by atoms with Crippen molar-refractivity contribution in [1.82, 2.24) is 0 Å². The number of halogens is 1. The SMILES string of the molecule is CN(C)c1ccc(NC(=O)COC(=O)c2cc(Cl)c3c(c2)OCCCO3)cc1. The maximum Gasteiger partial charge on any atom is 0.338 e. The van der Waals surface area contributed by atoms with Gasteiger partial charge in [0, 0.05) is 31.9 Å². The Morgan fingerprint density at radius 1 is 1.14 bits per heavy atom. The quantitative estimate of drug-likeness (QED) is 0.770. The molecule has 3 rings (SSSR count). The molecule has 0 unspecified atom stereocenters. The Kier molecular flexibility index (Phi) is 6.26. The zero-order valence-electron chi connectivity index (χ0n) is 15.7. The van der Waals surface area contributed by atoms with Gasteiger partial charge in [-0.25, -0.2) is 4.79 Å². The largest absolute Gasteiger partial charge is 0.489 e. The van der Waals surface area contributed by atoms with Crippen LogP contribution in [0, 0.1) is 0 Å². The van der Waals surface area contributed by atoms with Crippen LogP contribution in [0.2, 0.25) is 5.02 Å². The van der Waals surface area contributed by atoms with Crippen LogP contribution in [0.1, 0.15) is 16.8 Å². The number of ether oxygens (including phenoxy) is 3. The highest BCUT2D eigenvalue weighted by Crippen LogP contribution is 2.38. The second-order valence-corrected chi connectivity index (χ2v) is 6.81. The van der Waals surface area contributed by atoms with E-state index < -0.39 is 18.5 Å². The number of benzene rings is 2. The molecule has 0 saturated carbocycles. The number of amides is 1. The number of fused-ring (bicyclic) bond motifs is 1. The van der Waals surface area contributed by atoms with Gasteiger partial charge in [0.2, 0.25) is 0 Å². The van der Waals surface area contributed by atoms with E-state index in [1.54, 1.807) is 12.1 Å². The van der Waals surface area contributed by atoms with Crippen molar-refractivity contribution in [2.75, 3.05) is 44.1 Å². The molecule has 1 aliphatic rings. The van der Waals surface area contributed by atoms with Gasteiger partial charge in [0.1, 0.15) is 0 Å². The molecule has 28 heavy (non-hydrogen) atoms. The van der Waals surface area contributed by atoms with Gasteiger partial charge in [0.25, 0.3) is 5.91 Å². The third-order valence-electron chi connectivity index (χ3n) is 4.04. The molecule has 1 heterocycles. The lowest BCUT2D eigenvalue weighted by atomic mass is 10.2. The minimum atomic E-state index is -0.671. The molecule has 0 aromatic heterocycles. The summed E-state index contributed by atoms with van der Waals surface area (Å²) in [5, 5.41) is 2.94. The Hall–Kier alpha value is -2.93. The fourth-order valence-electron chi connectivity index (χ4n) is 2.60. The standard InChI is InChI=1S/C20H21ClN2O5/c1-23(2)15-6-4-14(5-7-15)22-18(24)12-28-20(25)13-10-16(21)19-17(11-13)26-8-3-9-27-19/h4-7,10-11H,3,8-9,12H2,1-2H3,(H,22,24). The second-order valence-electron chi connectivity index (χ2n) is 6.40. The van der Waals surface area contributed by atoms with Crippen molar-refractivity contribution in [1.29, 1.82) is 0 Å². The summed E-state index contributed by atoms with van der Waals surface area (Å²) in [5.74, 6) is -0.306. The van der Waals surface area contributed by atoms with E-state index in [-0.39, 0.29) is 10.6 Å². The lowest BCUT2D eigenvalue weighted by Crippen LogP contribution is -2.21. The molecule has 2 aromatic carbocycles. The molecule has 2 aromatic rings. The highest BCUT2D eigenvalue weighted by Gasteiger charge is 2.19. The molecule has 7 nitrogen and oxygen atoms in total. The van der Waals surface area contributed by atoms with Crippen LogP contribution in [0.5, 0.6) is 11.5 Å². The Morgan fingerprint density at radius 2 is 1.86 bits per heavy atom. The summed E-state index contributed by atoms with van der Waals surface area (Å²) >= 11 is 6.17. The van der Waals surface area contributed by atoms with Crippen LogP contribution in [-0.4, -0.2) is 45.8 Å². The number of carbonyl (C=O) groups excluding carboxylic acids is 2. The average Bonchev–Trinajstić information content (AvgIpc) is 2.92. The molecule has 1 aliphatic heterocycles. The zero-order valence-corrected chi connectivity index (χ0v) is 16.4. The topological polar surface area (TPSA) is 77.1 Å². The van der Waals surface area contributed by atoms with E-state index in [4.69, 9.17) is 25.8 Å². The van der Waals surface area contributed by atoms with Gasteiger partial charge in [-0.05, 0) is 36.4 Å². The van der Waals surface area contributed by atoms with Gasteiger partial charge >= 0.3 is 5.97 Å². The number of rotatable bonds is 5. The van der Waals surface area contributed by atoms with E-state index in [1.165, 1.54) is 12.1 Å². The normalized spacial score (nSPS) is 12.7. The molecule has 0 aliphatic carbocycles. The van der Waals surface area contributed by atoms with Crippen LogP contribution >= 0.6 is 11.6 Å². The molecule has 0 radical (unpaired) electrons. The molecule has 0 atom stereocenters. The average molecular weight is 405 g/mol. The van der Waals surface area contributed by atoms with E-state index in [0.717, 1.165) is 12.1 Å². The van der Waals surface area contributed by atoms with Crippen molar-refractivity contribution in [3.63, 3.8) is 0 Å². The number of hydrogen-bond donors (Lipinski definition) is 1. The number of carbonyl (C=O) groups is 2. The Labute approximate surface area is 168 Å². The van der Waals surface area contributed by atoms with Crippen molar-refractivity contribution >= 4 is 34.9 Å². The van der Waals surface area contributed by atoms with E-state index in [9.17, 15) is 9.59 Å². The highest BCUT2D eigenvalue weighted by molar-refractivity contribution is 6.32. The van der Waals surface area contributed by atoms with Crippen molar-refractivity contribution < 1.29 is 23.8 Å². The third kappa shape index (κ3) is 4.86. The van der Waals surface area contributed by atoms with Gasteiger partial charge < -0.3 is 24.4 Å². The minimum absolute atomic E-state index is 0.192. The molecule has 8 heteroatoms. The van der Waals surface area contributed by atoms with Gasteiger partial charge in [-0.1, -0.05) is 11.6 Å². The zero-order chi connectivity index (χ0) is 20.1. The number of esters is 1. The Bertz CT molecular complexity index is 868. The summed E-state index contributed by atoms with van der Waals surface area (Å²) in [7, 11) is 3.86. The fourth-order valence-corrected chi connectivity index (χ4v) is 2.87. The first kappa shape index (κ1) is 19.8. The van der Waals surface area contributed by atoms with Crippen LogP contribution < -0.4 is 19.7 Å². The lowest BCUT2D eigenvalue weighted by Gasteiger charge is -2.13. The van der Waals surface area contributed by atoms with E-state index >= 15 is 0 Å². The van der Waals surface area contributed by atoms with Crippen molar-refractivity contribution in [3.05, 3.63) is 47.0 Å². The number of anilines is 2. The Morgan fingerprint density at radius 3 is 2.57 bits per heavy atom. The maximum absolute atomic E-state index is 12.3. The summed E-state index contributed by atoms with van der Waals surface area (Å²) in [6, 6.07) is 10.3. The van der Waals surface area contributed by atoms with Crippen LogP contribution in [-0.2, 0) is 9.53 Å². The second kappa shape index (κ2) is 8.84. The molecule has 0 fully saturated rings. The van der Waals surface area contributed by atoms with Crippen molar-refractivity contribution in [2.24, 2.45) is 0 Å². The van der Waals surface area contributed by atoms with Crippen LogP contribution in [0.3, 0.4) is 0 Å². The first-order valence-electron chi connectivity index (χ1n) is 8.77. The summed E-state index contributed by atoms with van der Waals surface area (Å²) in [6.07, 6.45) is 0.723. The summed E-state index contributed by atoms with van der Waals surface area (Å²) in [4.78, 5) is 26.3. The molecule has 0 saturated heterocycles. The molecule has 0 spiro atoms. The van der Waals surface area contributed by atoms with E-state index in [1.807, 2.05) is 31.1 Å². The van der Waals surface area contributed by atoms with Gasteiger partial charge in [-0.3, -0.25) is 4.79 Å². The Balaban J connectivity index is 1.58. The van der Waals surface area contributed by atoms with Crippen LogP contribution in [0.15, 0.2) is 36.4 Å². The predicted octanol–water partition coefficient (Wildman–Crippen LogP) is 3.36. The summed E-state index contributed by atoms with van der Waals surface area (Å²) in [5.41, 5.74) is 1.82. The maximum atomic E-state index is 12.3. The van der Waals surface area contributed by atoms with Crippen molar-refractivity contribution in [3.8, 4) is 11.5 Å². The lowest BCUT2D eigenvalue weighted by molar-refractivity contribution is -0.119. The number of nitrogens with zero attached hydrogens (tertiary/aromatic N) is 1. The monoisotopic (exact) mass is 404 g/mol. The first-order valence-corrected chi connectivity index (χ1v) is 9.15. The van der Waals surface area contributed by atoms with Gasteiger partial charge in [-0.2, -0.15) is 0 Å². The van der Waals surface area contributed by atoms with Crippen molar-refractivity contribution in [2.45, 2.75) is 6.42 Å². The molecular formula is C20H21ClN2O5. The minimum Gasteiger partial charge on any atom is -0.489 e. The molecular weight excluding hydrogens is 384 g/mol. The van der Waals surface area contributed by atoms with E-state index in [2.05, 4.69) is 5.32 Å². The molecule has 1 N–H and O–H groups in total. The highest BCUT2D eigenvalue weighted by atomic mass is 35.5. The predicted molar refractivity (Wildman–Crippen MR) is 107 cm³/mol. The third-order valence-corrected chi connectivity index (χ3v) is 4.32. The molecule has 148 valence electrons. The first-order chi connectivity index (χ1) is 13.4. The van der Waals surface area contributed by atoms with Gasteiger partial charge in [0.05, 0.1) is 23.8 Å². The fraction of sp³-hybridized carbons (Fsp3) is 0.300. The van der Waals surface area contributed by atoms with Crippen LogP contribution in [0.4, 0.5) is 11.4 Å². The van der Waals surface area contributed by atoms with Crippen LogP contribution in [0.25, 0.3) is 0 Å². The smallest absolute Gasteiger partial charge is 0.338 e. The molecule has 1 amide bonds. The van der Waals surface area contributed by atoms with Gasteiger partial charge in [-0.15, -0.1) is 0 Å². The summed E-state index contributed by atoms with van der Waals surface area (Å²) in [6.45, 7) is 0.545. The van der Waals surface area contributed by atoms with E-state index in [0.29, 0.717) is 30.4 Å². The summed E-state index contributed by atoms with van der Waals surface area (Å²) < 4.78 is 16.2. The number of nitrogens with one attached hydrogen (secondary N) is 1. The molecule has 0 bridgehead atoms. The van der Waals surface area contributed by atoms with Gasteiger partial charge in [0.15, 0.2) is 18.1 Å².